The van der Waals surface area contributed by atoms with Gasteiger partial charge in [-0.15, -0.1) is 0 Å². The minimum absolute atomic E-state index is 0.0278. The first-order chi connectivity index (χ1) is 18.3. The van der Waals surface area contributed by atoms with Gasteiger partial charge in [-0.2, -0.15) is 0 Å². The van der Waals surface area contributed by atoms with Crippen LogP contribution in [0.3, 0.4) is 0 Å². The molecule has 3 aromatic carbocycles. The highest BCUT2D eigenvalue weighted by atomic mass is 35.5. The third-order valence-electron chi connectivity index (χ3n) is 5.59. The lowest BCUT2D eigenvalue weighted by molar-refractivity contribution is -0.123. The molecule has 2 aliphatic heterocycles. The number of carbonyl (C=O) groups excluding carboxylic acids is 3. The standard InChI is InChI=1S/C27H19ClFNO7S/c1-2-34-21-9-15(3-8-20(21)37-26(32)16-4-6-18(29)7-5-16)10-24-25(31)30(27(33)38-24)13-17-11-22-23(12-19(17)28)36-14-35-22/h3-12H,2,13-14H2,1H3/b24-10-. The van der Waals surface area contributed by atoms with Crippen molar-refractivity contribution in [1.82, 2.24) is 4.90 Å². The summed E-state index contributed by atoms with van der Waals surface area (Å²) < 4.78 is 34.9. The van der Waals surface area contributed by atoms with Crippen LogP contribution in [0.1, 0.15) is 28.4 Å². The van der Waals surface area contributed by atoms with Crippen LogP contribution in [0.25, 0.3) is 6.08 Å². The van der Waals surface area contributed by atoms with E-state index in [1.54, 1.807) is 37.3 Å². The number of nitrogens with zero attached hydrogens (tertiary/aromatic N) is 1. The fourth-order valence-electron chi connectivity index (χ4n) is 3.75. The average Bonchev–Trinajstić information content (AvgIpc) is 3.45. The van der Waals surface area contributed by atoms with Crippen LogP contribution in [0.4, 0.5) is 9.18 Å². The first-order valence-electron chi connectivity index (χ1n) is 11.4. The number of fused-ring (bicyclic) bond motifs is 1. The number of halogens is 2. The molecule has 1 saturated heterocycles. The first-order valence-corrected chi connectivity index (χ1v) is 12.6. The molecule has 0 unspecified atom stereocenters. The highest BCUT2D eigenvalue weighted by molar-refractivity contribution is 8.18. The SMILES string of the molecule is CCOc1cc(/C=C2\SC(=O)N(Cc3cc4c(cc3Cl)OCO4)C2=O)ccc1OC(=O)c1ccc(F)cc1. The molecular formula is C27H19ClFNO7S. The molecule has 0 spiro atoms. The van der Waals surface area contributed by atoms with Gasteiger partial charge in [0.15, 0.2) is 23.0 Å². The van der Waals surface area contributed by atoms with Gasteiger partial charge in [0.2, 0.25) is 6.79 Å². The Kier molecular flexibility index (Phi) is 7.26. The van der Waals surface area contributed by atoms with E-state index >= 15 is 0 Å². The molecule has 0 radical (unpaired) electrons. The molecule has 194 valence electrons. The highest BCUT2D eigenvalue weighted by Gasteiger charge is 2.36. The molecule has 3 aromatic rings. The van der Waals surface area contributed by atoms with Gasteiger partial charge in [-0.05, 0) is 78.4 Å². The second-order valence-electron chi connectivity index (χ2n) is 8.10. The molecule has 1 fully saturated rings. The molecule has 0 aliphatic carbocycles. The zero-order valence-corrected chi connectivity index (χ0v) is 21.4. The van der Waals surface area contributed by atoms with Crippen LogP contribution in [0, 0.1) is 5.82 Å². The van der Waals surface area contributed by atoms with Gasteiger partial charge in [-0.1, -0.05) is 17.7 Å². The van der Waals surface area contributed by atoms with Gasteiger partial charge in [0.25, 0.3) is 11.1 Å². The van der Waals surface area contributed by atoms with Crippen molar-refractivity contribution in [1.29, 1.82) is 0 Å². The molecule has 11 heteroatoms. The van der Waals surface area contributed by atoms with E-state index in [1.165, 1.54) is 18.2 Å². The maximum Gasteiger partial charge on any atom is 0.343 e. The van der Waals surface area contributed by atoms with E-state index < -0.39 is 22.9 Å². The molecule has 5 rings (SSSR count). The number of carbonyl (C=O) groups is 3. The summed E-state index contributed by atoms with van der Waals surface area (Å²) in [5, 5.41) is -0.0886. The summed E-state index contributed by atoms with van der Waals surface area (Å²) in [6.07, 6.45) is 1.56. The van der Waals surface area contributed by atoms with Crippen molar-refractivity contribution in [3.63, 3.8) is 0 Å². The summed E-state index contributed by atoms with van der Waals surface area (Å²) in [6, 6.07) is 12.9. The molecule has 38 heavy (non-hydrogen) atoms. The van der Waals surface area contributed by atoms with E-state index in [2.05, 4.69) is 0 Å². The molecule has 2 aliphatic rings. The van der Waals surface area contributed by atoms with Gasteiger partial charge in [-0.3, -0.25) is 14.5 Å². The average molecular weight is 556 g/mol. The van der Waals surface area contributed by atoms with Crippen LogP contribution in [-0.2, 0) is 11.3 Å². The molecule has 0 bridgehead atoms. The Morgan fingerprint density at radius 2 is 1.82 bits per heavy atom. The number of thioether (sulfide) groups is 1. The highest BCUT2D eigenvalue weighted by Crippen LogP contribution is 2.40. The third kappa shape index (κ3) is 5.32. The van der Waals surface area contributed by atoms with E-state index in [1.807, 2.05) is 0 Å². The lowest BCUT2D eigenvalue weighted by Gasteiger charge is -2.14. The van der Waals surface area contributed by atoms with Gasteiger partial charge >= 0.3 is 5.97 Å². The fourth-order valence-corrected chi connectivity index (χ4v) is 4.80. The third-order valence-corrected chi connectivity index (χ3v) is 6.85. The number of imide groups is 1. The van der Waals surface area contributed by atoms with Gasteiger partial charge in [0, 0.05) is 11.1 Å². The van der Waals surface area contributed by atoms with Gasteiger partial charge < -0.3 is 18.9 Å². The fraction of sp³-hybridized carbons (Fsp3) is 0.148. The Morgan fingerprint density at radius 1 is 1.08 bits per heavy atom. The zero-order valence-electron chi connectivity index (χ0n) is 19.9. The second-order valence-corrected chi connectivity index (χ2v) is 9.50. The maximum atomic E-state index is 13.2. The van der Waals surface area contributed by atoms with E-state index in [0.29, 0.717) is 27.6 Å². The number of ether oxygens (including phenoxy) is 4. The van der Waals surface area contributed by atoms with Crippen LogP contribution < -0.4 is 18.9 Å². The Balaban J connectivity index is 1.34. The number of hydrogen-bond donors (Lipinski definition) is 0. The van der Waals surface area contributed by atoms with Crippen molar-refractivity contribution in [3.8, 4) is 23.0 Å². The van der Waals surface area contributed by atoms with Crippen molar-refractivity contribution in [2.75, 3.05) is 13.4 Å². The molecule has 2 amide bonds. The van der Waals surface area contributed by atoms with E-state index in [-0.39, 0.29) is 41.9 Å². The Morgan fingerprint density at radius 3 is 2.55 bits per heavy atom. The zero-order chi connectivity index (χ0) is 26.8. The summed E-state index contributed by atoms with van der Waals surface area (Å²) >= 11 is 7.12. The minimum atomic E-state index is -0.679. The molecule has 0 N–H and O–H groups in total. The van der Waals surface area contributed by atoms with Gasteiger partial charge in [0.1, 0.15) is 5.82 Å². The molecule has 8 nitrogen and oxygen atoms in total. The molecule has 0 atom stereocenters. The summed E-state index contributed by atoms with van der Waals surface area (Å²) in [5.41, 5.74) is 1.28. The summed E-state index contributed by atoms with van der Waals surface area (Å²) in [5.74, 6) is -0.197. The lowest BCUT2D eigenvalue weighted by atomic mass is 10.1. The van der Waals surface area contributed by atoms with Crippen molar-refractivity contribution in [3.05, 3.63) is 87.0 Å². The quantitative estimate of drug-likeness (QED) is 0.197. The summed E-state index contributed by atoms with van der Waals surface area (Å²) in [6.45, 7) is 2.11. The number of benzene rings is 3. The van der Waals surface area contributed by atoms with E-state index in [0.717, 1.165) is 28.8 Å². The first kappa shape index (κ1) is 25.6. The number of rotatable bonds is 7. The van der Waals surface area contributed by atoms with Crippen LogP contribution >= 0.6 is 23.4 Å². The Hall–Kier alpha value is -4.02. The maximum absolute atomic E-state index is 13.2. The van der Waals surface area contributed by atoms with E-state index in [4.69, 9.17) is 30.5 Å². The van der Waals surface area contributed by atoms with Gasteiger partial charge in [-0.25, -0.2) is 9.18 Å². The number of amides is 2. The Labute approximate surface area is 225 Å². The number of esters is 1. The van der Waals surface area contributed by atoms with Crippen LogP contribution in [-0.4, -0.2) is 35.4 Å². The van der Waals surface area contributed by atoms with Crippen molar-refractivity contribution in [2.45, 2.75) is 13.5 Å². The predicted octanol–water partition coefficient (Wildman–Crippen LogP) is 6.06. The number of hydrogen-bond acceptors (Lipinski definition) is 8. The smallest absolute Gasteiger partial charge is 0.343 e. The van der Waals surface area contributed by atoms with Crippen LogP contribution in [0.15, 0.2) is 59.5 Å². The monoisotopic (exact) mass is 555 g/mol. The molecule has 0 aromatic heterocycles. The topological polar surface area (TPSA) is 91.4 Å². The minimum Gasteiger partial charge on any atom is -0.490 e. The summed E-state index contributed by atoms with van der Waals surface area (Å²) in [4.78, 5) is 39.5. The lowest BCUT2D eigenvalue weighted by Crippen LogP contribution is -2.27. The van der Waals surface area contributed by atoms with Crippen molar-refractivity contribution < 1.29 is 37.7 Å². The van der Waals surface area contributed by atoms with Crippen molar-refractivity contribution >= 4 is 46.6 Å². The molecule has 0 saturated carbocycles. The van der Waals surface area contributed by atoms with Crippen LogP contribution in [0.2, 0.25) is 5.02 Å². The van der Waals surface area contributed by atoms with Gasteiger partial charge in [0.05, 0.1) is 23.6 Å². The second kappa shape index (κ2) is 10.8. The largest absolute Gasteiger partial charge is 0.490 e. The Bertz CT molecular complexity index is 1470. The van der Waals surface area contributed by atoms with E-state index in [9.17, 15) is 18.8 Å². The molecular weight excluding hydrogens is 537 g/mol. The predicted molar refractivity (Wildman–Crippen MR) is 138 cm³/mol. The molecule has 2 heterocycles. The summed E-state index contributed by atoms with van der Waals surface area (Å²) in [7, 11) is 0. The van der Waals surface area contributed by atoms with Crippen LogP contribution in [0.5, 0.6) is 23.0 Å². The van der Waals surface area contributed by atoms with Crippen molar-refractivity contribution in [2.24, 2.45) is 0 Å². The normalized spacial score (nSPS) is 15.3.